The van der Waals surface area contributed by atoms with E-state index in [0.717, 1.165) is 32.5 Å². The zero-order valence-corrected chi connectivity index (χ0v) is 16.6. The largest absolute Gasteiger partial charge is 0.346 e. The van der Waals surface area contributed by atoms with Crippen LogP contribution in [0.2, 0.25) is 0 Å². The number of nitrogens with zero attached hydrogens (tertiary/aromatic N) is 3. The van der Waals surface area contributed by atoms with Gasteiger partial charge in [-0.1, -0.05) is 26.7 Å². The monoisotopic (exact) mass is 327 g/mol. The van der Waals surface area contributed by atoms with Gasteiger partial charge in [-0.05, 0) is 66.3 Å². The Morgan fingerprint density at radius 3 is 2.13 bits per heavy atom. The molecule has 0 heterocycles. The van der Waals surface area contributed by atoms with E-state index in [1.54, 1.807) is 0 Å². The third kappa shape index (κ3) is 11.5. The molecule has 0 radical (unpaired) electrons. The molecule has 0 aromatic heterocycles. The van der Waals surface area contributed by atoms with Crippen LogP contribution in [0.4, 0.5) is 0 Å². The molecule has 0 N–H and O–H groups in total. The quantitative estimate of drug-likeness (QED) is 0.457. The van der Waals surface area contributed by atoms with E-state index < -0.39 is 0 Å². The zero-order valence-electron chi connectivity index (χ0n) is 16.6. The van der Waals surface area contributed by atoms with Crippen molar-refractivity contribution in [1.82, 2.24) is 14.7 Å². The Morgan fingerprint density at radius 1 is 0.870 bits per heavy atom. The Hall–Kier alpha value is -0.610. The highest BCUT2D eigenvalue weighted by Crippen LogP contribution is 2.07. The summed E-state index contributed by atoms with van der Waals surface area (Å²) in [4.78, 5) is 18.7. The van der Waals surface area contributed by atoms with Gasteiger partial charge in [0.15, 0.2) is 0 Å². The van der Waals surface area contributed by atoms with E-state index in [1.807, 2.05) is 11.9 Å². The maximum absolute atomic E-state index is 12.1. The molecule has 0 saturated heterocycles. The second kappa shape index (κ2) is 13.8. The van der Waals surface area contributed by atoms with E-state index >= 15 is 0 Å². The van der Waals surface area contributed by atoms with Crippen LogP contribution in [-0.2, 0) is 4.79 Å². The fourth-order valence-electron chi connectivity index (χ4n) is 2.57. The zero-order chi connectivity index (χ0) is 17.7. The number of unbranched alkanes of at least 4 members (excludes halogenated alkanes) is 3. The Balaban J connectivity index is 3.63. The van der Waals surface area contributed by atoms with E-state index in [-0.39, 0.29) is 0 Å². The lowest BCUT2D eigenvalue weighted by molar-refractivity contribution is -0.130. The van der Waals surface area contributed by atoms with E-state index in [2.05, 4.69) is 44.7 Å². The van der Waals surface area contributed by atoms with Gasteiger partial charge < -0.3 is 14.7 Å². The van der Waals surface area contributed by atoms with Gasteiger partial charge in [0.25, 0.3) is 0 Å². The normalized spacial score (nSPS) is 12.9. The first-order valence-corrected chi connectivity index (χ1v) is 9.55. The van der Waals surface area contributed by atoms with Gasteiger partial charge in [0.05, 0.1) is 0 Å². The van der Waals surface area contributed by atoms with E-state index in [1.165, 1.54) is 32.2 Å². The third-order valence-corrected chi connectivity index (χ3v) is 4.99. The summed E-state index contributed by atoms with van der Waals surface area (Å²) in [5.41, 5.74) is 0. The summed E-state index contributed by atoms with van der Waals surface area (Å²) in [6, 6.07) is 0.628. The van der Waals surface area contributed by atoms with Gasteiger partial charge in [-0.2, -0.15) is 0 Å². The molecule has 0 aromatic carbocycles. The number of rotatable bonds is 14. The van der Waals surface area contributed by atoms with Crippen LogP contribution >= 0.6 is 0 Å². The molecule has 0 aromatic rings. The summed E-state index contributed by atoms with van der Waals surface area (Å²) >= 11 is 0. The van der Waals surface area contributed by atoms with Crippen LogP contribution in [0.1, 0.15) is 65.7 Å². The van der Waals surface area contributed by atoms with Crippen molar-refractivity contribution in [3.05, 3.63) is 0 Å². The smallest absolute Gasteiger partial charge is 0.222 e. The van der Waals surface area contributed by atoms with Crippen molar-refractivity contribution >= 4 is 5.91 Å². The predicted molar refractivity (Wildman–Crippen MR) is 101 cm³/mol. The van der Waals surface area contributed by atoms with E-state index in [4.69, 9.17) is 0 Å². The fraction of sp³-hybridized carbons (Fsp3) is 0.947. The second-order valence-electron chi connectivity index (χ2n) is 6.97. The third-order valence-electron chi connectivity index (χ3n) is 4.99. The molecule has 0 aliphatic carbocycles. The maximum atomic E-state index is 12.1. The molecule has 138 valence electrons. The fourth-order valence-corrected chi connectivity index (χ4v) is 2.57. The van der Waals surface area contributed by atoms with Gasteiger partial charge in [0, 0.05) is 26.1 Å². The summed E-state index contributed by atoms with van der Waals surface area (Å²) in [7, 11) is 6.28. The maximum Gasteiger partial charge on any atom is 0.222 e. The molecule has 0 rings (SSSR count). The molecular weight excluding hydrogens is 286 g/mol. The van der Waals surface area contributed by atoms with Crippen LogP contribution in [0.15, 0.2) is 0 Å². The van der Waals surface area contributed by atoms with Gasteiger partial charge in [-0.15, -0.1) is 0 Å². The SMILES string of the molecule is CCC(C)N(C)CCCN(C)C(=O)CCCCCCN(C)CC. The van der Waals surface area contributed by atoms with Crippen LogP contribution in [0.3, 0.4) is 0 Å². The van der Waals surface area contributed by atoms with Crippen molar-refractivity contribution in [3.8, 4) is 0 Å². The lowest BCUT2D eigenvalue weighted by Gasteiger charge is -2.25. The first-order chi connectivity index (χ1) is 10.9. The predicted octanol–water partition coefficient (Wildman–Crippen LogP) is 3.47. The highest BCUT2D eigenvalue weighted by atomic mass is 16.2. The highest BCUT2D eigenvalue weighted by Gasteiger charge is 2.10. The van der Waals surface area contributed by atoms with E-state index in [0.29, 0.717) is 18.4 Å². The molecule has 0 aliphatic heterocycles. The van der Waals surface area contributed by atoms with Crippen molar-refractivity contribution in [1.29, 1.82) is 0 Å². The number of hydrogen-bond acceptors (Lipinski definition) is 3. The van der Waals surface area contributed by atoms with Crippen molar-refractivity contribution in [2.75, 3.05) is 47.3 Å². The van der Waals surface area contributed by atoms with Gasteiger partial charge >= 0.3 is 0 Å². The number of hydrogen-bond donors (Lipinski definition) is 0. The first kappa shape index (κ1) is 22.4. The summed E-state index contributed by atoms with van der Waals surface area (Å²) in [5, 5.41) is 0. The van der Waals surface area contributed by atoms with Crippen molar-refractivity contribution in [3.63, 3.8) is 0 Å². The average molecular weight is 328 g/mol. The Labute approximate surface area is 145 Å². The Morgan fingerprint density at radius 2 is 1.52 bits per heavy atom. The summed E-state index contributed by atoms with van der Waals surface area (Å²) in [5.74, 6) is 0.307. The summed E-state index contributed by atoms with van der Waals surface area (Å²) in [6.07, 6.45) is 7.64. The molecule has 0 fully saturated rings. The summed E-state index contributed by atoms with van der Waals surface area (Å²) < 4.78 is 0. The second-order valence-corrected chi connectivity index (χ2v) is 6.97. The minimum atomic E-state index is 0.307. The van der Waals surface area contributed by atoms with Crippen LogP contribution in [-0.4, -0.2) is 74.0 Å². The number of carbonyl (C=O) groups excluding carboxylic acids is 1. The minimum absolute atomic E-state index is 0.307. The van der Waals surface area contributed by atoms with Crippen LogP contribution in [0, 0.1) is 0 Å². The molecule has 4 nitrogen and oxygen atoms in total. The topological polar surface area (TPSA) is 26.8 Å². The lowest BCUT2D eigenvalue weighted by Crippen LogP contribution is -2.33. The molecule has 0 aliphatic rings. The number of carbonyl (C=O) groups is 1. The van der Waals surface area contributed by atoms with Crippen LogP contribution in [0.25, 0.3) is 0 Å². The van der Waals surface area contributed by atoms with Gasteiger partial charge in [-0.25, -0.2) is 0 Å². The molecule has 0 spiro atoms. The Kier molecular flexibility index (Phi) is 13.4. The minimum Gasteiger partial charge on any atom is -0.346 e. The van der Waals surface area contributed by atoms with Gasteiger partial charge in [0.1, 0.15) is 0 Å². The van der Waals surface area contributed by atoms with Crippen LogP contribution in [0.5, 0.6) is 0 Å². The van der Waals surface area contributed by atoms with Crippen molar-refractivity contribution in [2.24, 2.45) is 0 Å². The van der Waals surface area contributed by atoms with Crippen molar-refractivity contribution < 1.29 is 4.79 Å². The Bertz CT molecular complexity index is 296. The molecule has 0 saturated carbocycles. The van der Waals surface area contributed by atoms with E-state index in [9.17, 15) is 4.79 Å². The molecule has 4 heteroatoms. The molecule has 1 unspecified atom stereocenters. The average Bonchev–Trinajstić information content (AvgIpc) is 2.56. The highest BCUT2D eigenvalue weighted by molar-refractivity contribution is 5.75. The van der Waals surface area contributed by atoms with Crippen LogP contribution < -0.4 is 0 Å². The number of amides is 1. The van der Waals surface area contributed by atoms with Gasteiger partial charge in [0.2, 0.25) is 5.91 Å². The van der Waals surface area contributed by atoms with Crippen molar-refractivity contribution in [2.45, 2.75) is 71.8 Å². The summed E-state index contributed by atoms with van der Waals surface area (Å²) in [6.45, 7) is 10.9. The molecule has 0 bridgehead atoms. The lowest BCUT2D eigenvalue weighted by atomic mass is 10.1. The molecular formula is C19H41N3O. The molecule has 1 amide bonds. The first-order valence-electron chi connectivity index (χ1n) is 9.55. The van der Waals surface area contributed by atoms with Gasteiger partial charge in [-0.3, -0.25) is 4.79 Å². The molecule has 23 heavy (non-hydrogen) atoms. The standard InChI is InChI=1S/C19H41N3O/c1-7-18(3)21(5)16-13-17-22(6)19(23)14-11-9-10-12-15-20(4)8-2/h18H,7-17H2,1-6H3. The molecule has 1 atom stereocenters.